The van der Waals surface area contributed by atoms with Gasteiger partial charge < -0.3 is 24.8 Å². The summed E-state index contributed by atoms with van der Waals surface area (Å²) in [6.45, 7) is 7.43. The first-order valence-corrected chi connectivity index (χ1v) is 10.4. The Balaban J connectivity index is 0.00000320. The normalized spacial score (nSPS) is 14.8. The van der Waals surface area contributed by atoms with Crippen LogP contribution in [0.1, 0.15) is 36.5 Å². The lowest BCUT2D eigenvalue weighted by molar-refractivity contribution is 0.232. The van der Waals surface area contributed by atoms with E-state index >= 15 is 0 Å². The van der Waals surface area contributed by atoms with Crippen LogP contribution >= 0.6 is 24.0 Å². The van der Waals surface area contributed by atoms with Crippen LogP contribution in [0.15, 0.2) is 29.3 Å². The third-order valence-corrected chi connectivity index (χ3v) is 5.34. The molecular formula is C21H34IN7O. The Morgan fingerprint density at radius 2 is 1.83 bits per heavy atom. The molecule has 0 atom stereocenters. The highest BCUT2D eigenvalue weighted by molar-refractivity contribution is 14.0. The minimum absolute atomic E-state index is 0. The molecule has 0 amide bonds. The number of aromatic nitrogens is 3. The molecule has 0 aliphatic carbocycles. The molecule has 30 heavy (non-hydrogen) atoms. The molecule has 0 radical (unpaired) electrons. The van der Waals surface area contributed by atoms with Crippen molar-refractivity contribution in [2.24, 2.45) is 12.0 Å². The number of hydrogen-bond donors (Lipinski definition) is 2. The third kappa shape index (κ3) is 7.42. The molecule has 0 spiro atoms. The van der Waals surface area contributed by atoms with E-state index < -0.39 is 0 Å². The van der Waals surface area contributed by atoms with Crippen molar-refractivity contribution < 1.29 is 4.74 Å². The van der Waals surface area contributed by atoms with Gasteiger partial charge in [0.05, 0.1) is 20.2 Å². The molecule has 1 aliphatic rings. The topological polar surface area (TPSA) is 79.6 Å². The lowest BCUT2D eigenvalue weighted by Crippen LogP contribution is -2.42. The number of ether oxygens (including phenoxy) is 1. The van der Waals surface area contributed by atoms with Crippen LogP contribution in [0.25, 0.3) is 0 Å². The fourth-order valence-electron chi connectivity index (χ4n) is 3.36. The summed E-state index contributed by atoms with van der Waals surface area (Å²) in [6, 6.07) is 8.01. The van der Waals surface area contributed by atoms with Crippen LogP contribution in [0.4, 0.5) is 0 Å². The average Bonchev–Trinajstić information content (AvgIpc) is 3.08. The molecule has 0 saturated carbocycles. The summed E-state index contributed by atoms with van der Waals surface area (Å²) in [7, 11) is 3.65. The Morgan fingerprint density at radius 3 is 2.47 bits per heavy atom. The minimum Gasteiger partial charge on any atom is -0.497 e. The second-order valence-corrected chi connectivity index (χ2v) is 7.42. The van der Waals surface area contributed by atoms with E-state index in [-0.39, 0.29) is 24.0 Å². The minimum atomic E-state index is 0. The average molecular weight is 527 g/mol. The highest BCUT2D eigenvalue weighted by Gasteiger charge is 2.10. The van der Waals surface area contributed by atoms with Crippen LogP contribution in [0.2, 0.25) is 0 Å². The SMILES string of the molecule is COc1ccc(CN=C(NCCN2CCCCC2)NCc2nnc(C)n2C)cc1.I. The highest BCUT2D eigenvalue weighted by Crippen LogP contribution is 2.12. The first-order chi connectivity index (χ1) is 14.2. The molecule has 2 aromatic rings. The number of benzene rings is 1. The molecule has 1 fully saturated rings. The van der Waals surface area contributed by atoms with E-state index in [2.05, 4.69) is 25.7 Å². The molecule has 8 nitrogen and oxygen atoms in total. The molecule has 1 aromatic carbocycles. The van der Waals surface area contributed by atoms with Gasteiger partial charge in [-0.05, 0) is 50.6 Å². The van der Waals surface area contributed by atoms with Crippen LogP contribution in [-0.4, -0.2) is 58.9 Å². The zero-order chi connectivity index (χ0) is 20.5. The predicted octanol–water partition coefficient (Wildman–Crippen LogP) is 2.47. The number of piperidine rings is 1. The Hall–Kier alpha value is -1.88. The van der Waals surface area contributed by atoms with Gasteiger partial charge in [-0.3, -0.25) is 0 Å². The maximum absolute atomic E-state index is 5.23. The van der Waals surface area contributed by atoms with E-state index in [1.54, 1.807) is 7.11 Å². The van der Waals surface area contributed by atoms with E-state index in [0.29, 0.717) is 13.1 Å². The summed E-state index contributed by atoms with van der Waals surface area (Å²) < 4.78 is 7.21. The van der Waals surface area contributed by atoms with Crippen molar-refractivity contribution >= 4 is 29.9 Å². The molecule has 0 bridgehead atoms. The smallest absolute Gasteiger partial charge is 0.192 e. The van der Waals surface area contributed by atoms with Crippen molar-refractivity contribution in [1.29, 1.82) is 0 Å². The summed E-state index contributed by atoms with van der Waals surface area (Å²) >= 11 is 0. The van der Waals surface area contributed by atoms with Crippen LogP contribution in [0.5, 0.6) is 5.75 Å². The van der Waals surface area contributed by atoms with E-state index in [1.807, 2.05) is 42.8 Å². The summed E-state index contributed by atoms with van der Waals surface area (Å²) in [4.78, 5) is 7.28. The monoisotopic (exact) mass is 527 g/mol. The highest BCUT2D eigenvalue weighted by atomic mass is 127. The van der Waals surface area contributed by atoms with Gasteiger partial charge in [0.1, 0.15) is 11.6 Å². The lowest BCUT2D eigenvalue weighted by Gasteiger charge is -2.26. The van der Waals surface area contributed by atoms with E-state index in [0.717, 1.165) is 42.0 Å². The largest absolute Gasteiger partial charge is 0.497 e. The third-order valence-electron chi connectivity index (χ3n) is 5.34. The molecule has 1 aromatic heterocycles. The van der Waals surface area contributed by atoms with Gasteiger partial charge in [0.15, 0.2) is 11.8 Å². The summed E-state index contributed by atoms with van der Waals surface area (Å²) in [5, 5.41) is 15.2. The molecule has 0 unspecified atom stereocenters. The Bertz CT molecular complexity index is 785. The van der Waals surface area contributed by atoms with Gasteiger partial charge in [0.2, 0.25) is 0 Å². The van der Waals surface area contributed by atoms with Crippen molar-refractivity contribution in [3.63, 3.8) is 0 Å². The fraction of sp³-hybridized carbons (Fsp3) is 0.571. The second-order valence-electron chi connectivity index (χ2n) is 7.42. The van der Waals surface area contributed by atoms with Gasteiger partial charge in [0.25, 0.3) is 0 Å². The van der Waals surface area contributed by atoms with E-state index in [1.165, 1.54) is 32.4 Å². The van der Waals surface area contributed by atoms with Crippen molar-refractivity contribution in [2.45, 2.75) is 39.3 Å². The molecule has 2 N–H and O–H groups in total. The van der Waals surface area contributed by atoms with Crippen LogP contribution < -0.4 is 15.4 Å². The molecule has 1 aliphatic heterocycles. The standard InChI is InChI=1S/C21H33N7O.HI/c1-17-25-26-20(27(17)2)16-24-21(22-11-14-28-12-5-4-6-13-28)23-15-18-7-9-19(29-3)10-8-18;/h7-10H,4-6,11-16H2,1-3H3,(H2,22,23,24);1H. The molecule has 1 saturated heterocycles. The number of hydrogen-bond acceptors (Lipinski definition) is 5. The van der Waals surface area contributed by atoms with E-state index in [4.69, 9.17) is 9.73 Å². The van der Waals surface area contributed by atoms with Gasteiger partial charge in [-0.2, -0.15) is 0 Å². The number of nitrogens with zero attached hydrogens (tertiary/aromatic N) is 5. The number of guanidine groups is 1. The predicted molar refractivity (Wildman–Crippen MR) is 130 cm³/mol. The second kappa shape index (κ2) is 12.7. The van der Waals surface area contributed by atoms with Gasteiger partial charge in [-0.25, -0.2) is 4.99 Å². The van der Waals surface area contributed by atoms with Crippen LogP contribution in [0, 0.1) is 6.92 Å². The van der Waals surface area contributed by atoms with Crippen LogP contribution in [-0.2, 0) is 20.1 Å². The van der Waals surface area contributed by atoms with Gasteiger partial charge in [-0.15, -0.1) is 34.2 Å². The van der Waals surface area contributed by atoms with Crippen molar-refractivity contribution in [3.8, 4) is 5.75 Å². The first kappa shape index (κ1) is 24.4. The summed E-state index contributed by atoms with van der Waals surface area (Å²) in [5.41, 5.74) is 1.14. The zero-order valence-corrected chi connectivity index (χ0v) is 20.6. The number of halogens is 1. The Morgan fingerprint density at radius 1 is 1.10 bits per heavy atom. The number of rotatable bonds is 8. The zero-order valence-electron chi connectivity index (χ0n) is 18.2. The van der Waals surface area contributed by atoms with Crippen molar-refractivity contribution in [3.05, 3.63) is 41.5 Å². The maximum atomic E-state index is 5.23. The molecule has 9 heteroatoms. The molecule has 2 heterocycles. The number of nitrogens with one attached hydrogen (secondary N) is 2. The molecular weight excluding hydrogens is 493 g/mol. The number of methoxy groups -OCH3 is 1. The first-order valence-electron chi connectivity index (χ1n) is 10.4. The van der Waals surface area contributed by atoms with Gasteiger partial charge in [-0.1, -0.05) is 18.6 Å². The summed E-state index contributed by atoms with van der Waals surface area (Å²) in [5.74, 6) is 3.43. The Kier molecular flexibility index (Phi) is 10.4. The molecule has 166 valence electrons. The molecule has 3 rings (SSSR count). The fourth-order valence-corrected chi connectivity index (χ4v) is 3.36. The number of aliphatic imine (C=N–C) groups is 1. The number of likely N-dealkylation sites (tertiary alicyclic amines) is 1. The number of aryl methyl sites for hydroxylation is 1. The Labute approximate surface area is 196 Å². The quantitative estimate of drug-likeness (QED) is 0.312. The van der Waals surface area contributed by atoms with Crippen molar-refractivity contribution in [2.75, 3.05) is 33.3 Å². The van der Waals surface area contributed by atoms with Gasteiger partial charge >= 0.3 is 0 Å². The van der Waals surface area contributed by atoms with Crippen LogP contribution in [0.3, 0.4) is 0 Å². The van der Waals surface area contributed by atoms with Crippen molar-refractivity contribution in [1.82, 2.24) is 30.3 Å². The summed E-state index contributed by atoms with van der Waals surface area (Å²) in [6.07, 6.45) is 3.97. The lowest BCUT2D eigenvalue weighted by atomic mass is 10.1. The van der Waals surface area contributed by atoms with Gasteiger partial charge in [0, 0.05) is 20.1 Å². The maximum Gasteiger partial charge on any atom is 0.192 e. The van der Waals surface area contributed by atoms with E-state index in [9.17, 15) is 0 Å².